The van der Waals surface area contributed by atoms with Crippen LogP contribution in [0.25, 0.3) is 0 Å². The van der Waals surface area contributed by atoms with Crippen molar-refractivity contribution in [3.63, 3.8) is 0 Å². The third-order valence-corrected chi connectivity index (χ3v) is 1.23. The average Bonchev–Trinajstić information content (AvgIpc) is 1.89. The predicted molar refractivity (Wildman–Crippen MR) is 35.4 cm³/mol. The van der Waals surface area contributed by atoms with Gasteiger partial charge in [-0.2, -0.15) is 0 Å². The number of hydrogen-bond donors (Lipinski definition) is 0. The van der Waals surface area contributed by atoms with Crippen molar-refractivity contribution in [2.24, 2.45) is 0 Å². The van der Waals surface area contributed by atoms with Gasteiger partial charge in [-0.05, 0) is 18.6 Å². The summed E-state index contributed by atoms with van der Waals surface area (Å²) in [5.74, 6) is 0. The van der Waals surface area contributed by atoms with Gasteiger partial charge in [-0.15, -0.1) is 0 Å². The molecular weight excluding hydrogens is 112 g/mol. The molecule has 1 rings (SSSR count). The summed E-state index contributed by atoms with van der Waals surface area (Å²) in [6, 6.07) is 8.29. The summed E-state index contributed by atoms with van der Waals surface area (Å²) in [5, 5.41) is 0. The molecule has 1 nitrogen and oxygen atoms in total. The Hall–Kier alpha value is -1.11. The molecular formula is C8H7O. The molecule has 0 aliphatic rings. The van der Waals surface area contributed by atoms with Gasteiger partial charge >= 0.3 is 0 Å². The zero-order chi connectivity index (χ0) is 6.69. The number of carbonyl (C=O) groups excluding carboxylic acids is 1. The zero-order valence-electron chi connectivity index (χ0n) is 5.22. The molecule has 1 heteroatoms. The first-order chi connectivity index (χ1) is 4.34. The lowest BCUT2D eigenvalue weighted by Crippen LogP contribution is -1.82. The quantitative estimate of drug-likeness (QED) is 0.513. The maximum Gasteiger partial charge on any atom is 0.150 e. The normalized spacial score (nSPS) is 9.00. The maximum atomic E-state index is 10.2. The molecule has 9 heavy (non-hydrogen) atoms. The van der Waals surface area contributed by atoms with E-state index in [2.05, 4.69) is 6.07 Å². The van der Waals surface area contributed by atoms with E-state index in [1.165, 1.54) is 0 Å². The number of aldehydes is 1. The van der Waals surface area contributed by atoms with Crippen LogP contribution in [0.4, 0.5) is 0 Å². The van der Waals surface area contributed by atoms with E-state index in [1.807, 2.05) is 6.92 Å². The van der Waals surface area contributed by atoms with Crippen LogP contribution < -0.4 is 0 Å². The van der Waals surface area contributed by atoms with E-state index in [9.17, 15) is 4.79 Å². The van der Waals surface area contributed by atoms with Crippen molar-refractivity contribution in [2.45, 2.75) is 6.92 Å². The number of rotatable bonds is 1. The van der Waals surface area contributed by atoms with Crippen molar-refractivity contribution in [3.8, 4) is 0 Å². The molecule has 0 heterocycles. The fourth-order valence-corrected chi connectivity index (χ4v) is 0.661. The number of hydrogen-bond acceptors (Lipinski definition) is 1. The molecule has 0 amide bonds. The van der Waals surface area contributed by atoms with Gasteiger partial charge in [-0.3, -0.25) is 4.79 Å². The molecule has 0 saturated heterocycles. The SMILES string of the molecule is Cc1[c]cccc1C=O. The third-order valence-electron chi connectivity index (χ3n) is 1.23. The smallest absolute Gasteiger partial charge is 0.150 e. The first-order valence-electron chi connectivity index (χ1n) is 2.77. The number of carbonyl (C=O) groups is 1. The predicted octanol–water partition coefficient (Wildman–Crippen LogP) is 1.61. The Morgan fingerprint density at radius 3 is 2.89 bits per heavy atom. The molecule has 0 aromatic heterocycles. The fraction of sp³-hybridized carbons (Fsp3) is 0.125. The minimum atomic E-state index is 0.720. The van der Waals surface area contributed by atoms with E-state index < -0.39 is 0 Å². The van der Waals surface area contributed by atoms with Gasteiger partial charge in [-0.25, -0.2) is 0 Å². The van der Waals surface area contributed by atoms with Crippen molar-refractivity contribution >= 4 is 6.29 Å². The van der Waals surface area contributed by atoms with Gasteiger partial charge in [0.15, 0.2) is 0 Å². The average molecular weight is 119 g/mol. The minimum Gasteiger partial charge on any atom is -0.298 e. The molecule has 0 bridgehead atoms. The molecule has 1 aromatic rings. The van der Waals surface area contributed by atoms with Crippen LogP contribution in [-0.4, -0.2) is 6.29 Å². The molecule has 0 atom stereocenters. The van der Waals surface area contributed by atoms with Gasteiger partial charge in [0.05, 0.1) is 0 Å². The van der Waals surface area contributed by atoms with Crippen LogP contribution in [0.3, 0.4) is 0 Å². The summed E-state index contributed by atoms with van der Waals surface area (Å²) in [7, 11) is 0. The zero-order valence-corrected chi connectivity index (χ0v) is 5.22. The summed E-state index contributed by atoms with van der Waals surface area (Å²) in [6.07, 6.45) is 0.839. The van der Waals surface area contributed by atoms with E-state index in [4.69, 9.17) is 0 Å². The largest absolute Gasteiger partial charge is 0.298 e. The van der Waals surface area contributed by atoms with Crippen molar-refractivity contribution in [1.82, 2.24) is 0 Å². The molecule has 1 aromatic carbocycles. The Morgan fingerprint density at radius 1 is 1.67 bits per heavy atom. The summed E-state index contributed by atoms with van der Waals surface area (Å²) in [4.78, 5) is 10.2. The van der Waals surface area contributed by atoms with Gasteiger partial charge in [0.2, 0.25) is 0 Å². The highest BCUT2D eigenvalue weighted by Gasteiger charge is 1.90. The summed E-state index contributed by atoms with van der Waals surface area (Å²) in [5.41, 5.74) is 1.63. The Kier molecular flexibility index (Phi) is 1.63. The summed E-state index contributed by atoms with van der Waals surface area (Å²) < 4.78 is 0. The van der Waals surface area contributed by atoms with Crippen molar-refractivity contribution in [2.75, 3.05) is 0 Å². The summed E-state index contributed by atoms with van der Waals surface area (Å²) in [6.45, 7) is 1.86. The summed E-state index contributed by atoms with van der Waals surface area (Å²) >= 11 is 0. The first kappa shape index (κ1) is 6.02. The van der Waals surface area contributed by atoms with Gasteiger partial charge in [0.1, 0.15) is 6.29 Å². The molecule has 0 N–H and O–H groups in total. The van der Waals surface area contributed by atoms with Gasteiger partial charge in [-0.1, -0.05) is 18.2 Å². The fourth-order valence-electron chi connectivity index (χ4n) is 0.661. The van der Waals surface area contributed by atoms with E-state index in [0.717, 1.165) is 17.4 Å². The molecule has 0 unspecified atom stereocenters. The molecule has 45 valence electrons. The van der Waals surface area contributed by atoms with E-state index >= 15 is 0 Å². The lowest BCUT2D eigenvalue weighted by molar-refractivity contribution is 0.112. The van der Waals surface area contributed by atoms with Crippen molar-refractivity contribution in [1.29, 1.82) is 0 Å². The minimum absolute atomic E-state index is 0.720. The lowest BCUT2D eigenvalue weighted by Gasteiger charge is -1.91. The molecule has 0 aliphatic carbocycles. The van der Waals surface area contributed by atoms with Crippen molar-refractivity contribution in [3.05, 3.63) is 35.4 Å². The van der Waals surface area contributed by atoms with Crippen LogP contribution in [0.5, 0.6) is 0 Å². The van der Waals surface area contributed by atoms with E-state index in [1.54, 1.807) is 18.2 Å². The van der Waals surface area contributed by atoms with Crippen LogP contribution in [0, 0.1) is 13.0 Å². The number of benzene rings is 1. The third kappa shape index (κ3) is 1.17. The topological polar surface area (TPSA) is 17.1 Å². The van der Waals surface area contributed by atoms with Gasteiger partial charge in [0, 0.05) is 5.56 Å². The Balaban J connectivity index is 3.15. The second-order valence-corrected chi connectivity index (χ2v) is 1.87. The highest BCUT2D eigenvalue weighted by atomic mass is 16.1. The first-order valence-corrected chi connectivity index (χ1v) is 2.77. The highest BCUT2D eigenvalue weighted by Crippen LogP contribution is 2.01. The second-order valence-electron chi connectivity index (χ2n) is 1.87. The maximum absolute atomic E-state index is 10.2. The highest BCUT2D eigenvalue weighted by molar-refractivity contribution is 5.76. The second kappa shape index (κ2) is 2.44. The Bertz CT molecular complexity index is 216. The van der Waals surface area contributed by atoms with Crippen LogP contribution >= 0.6 is 0 Å². The molecule has 0 fully saturated rings. The molecule has 0 aliphatic heterocycles. The van der Waals surface area contributed by atoms with Gasteiger partial charge in [0.25, 0.3) is 0 Å². The Morgan fingerprint density at radius 2 is 2.44 bits per heavy atom. The molecule has 0 spiro atoms. The van der Waals surface area contributed by atoms with Gasteiger partial charge < -0.3 is 0 Å². The molecule has 0 saturated carbocycles. The van der Waals surface area contributed by atoms with E-state index in [0.29, 0.717) is 0 Å². The number of aryl methyl sites for hydroxylation is 1. The van der Waals surface area contributed by atoms with E-state index in [-0.39, 0.29) is 0 Å². The monoisotopic (exact) mass is 119 g/mol. The van der Waals surface area contributed by atoms with Crippen LogP contribution in [-0.2, 0) is 0 Å². The van der Waals surface area contributed by atoms with Crippen LogP contribution in [0.15, 0.2) is 18.2 Å². The lowest BCUT2D eigenvalue weighted by atomic mass is 10.1. The van der Waals surface area contributed by atoms with Crippen LogP contribution in [0.1, 0.15) is 15.9 Å². The standard InChI is InChI=1S/C8H7O/c1-7-4-2-3-5-8(7)6-9/h2-3,5-6H,1H3. The van der Waals surface area contributed by atoms with Crippen molar-refractivity contribution < 1.29 is 4.79 Å². The Labute approximate surface area is 54.3 Å². The van der Waals surface area contributed by atoms with Crippen LogP contribution in [0.2, 0.25) is 0 Å². The molecule has 1 radical (unpaired) electrons.